The van der Waals surface area contributed by atoms with Gasteiger partial charge in [-0.3, -0.25) is 0 Å². The van der Waals surface area contributed by atoms with Gasteiger partial charge in [0.2, 0.25) is 0 Å². The van der Waals surface area contributed by atoms with Crippen LogP contribution in [0.5, 0.6) is 0 Å². The highest BCUT2D eigenvalue weighted by atomic mass is 32.2. The van der Waals surface area contributed by atoms with Crippen LogP contribution in [0, 0.1) is 13.8 Å². The molecule has 0 saturated carbocycles. The van der Waals surface area contributed by atoms with E-state index in [9.17, 15) is 0 Å². The Hall–Kier alpha value is -0.430. The molecule has 0 spiro atoms. The molecule has 0 unspecified atom stereocenters. The summed E-state index contributed by atoms with van der Waals surface area (Å²) in [7, 11) is 0. The average Bonchev–Trinajstić information content (AvgIpc) is 2.06. The van der Waals surface area contributed by atoms with Gasteiger partial charge in [0.05, 0.1) is 0 Å². The number of aryl methyl sites for hydroxylation is 2. The van der Waals surface area contributed by atoms with Crippen molar-refractivity contribution >= 4 is 11.8 Å². The molecule has 0 aliphatic rings. The van der Waals surface area contributed by atoms with E-state index in [1.165, 1.54) is 21.6 Å². The number of thioether (sulfide) groups is 1. The maximum atomic E-state index is 2.33. The highest BCUT2D eigenvalue weighted by Crippen LogP contribution is 2.30. The molecule has 0 nitrogen and oxygen atoms in total. The summed E-state index contributed by atoms with van der Waals surface area (Å²) in [5, 5.41) is 0. The number of hydrogen-bond donors (Lipinski definition) is 0. The van der Waals surface area contributed by atoms with Gasteiger partial charge in [-0.25, -0.2) is 0 Å². The fourth-order valence-corrected chi connectivity index (χ4v) is 2.49. The monoisotopic (exact) mass is 208 g/mol. The van der Waals surface area contributed by atoms with Crippen molar-refractivity contribution in [1.29, 1.82) is 0 Å². The number of hydrogen-bond acceptors (Lipinski definition) is 1. The van der Waals surface area contributed by atoms with Crippen molar-refractivity contribution in [2.24, 2.45) is 0 Å². The maximum Gasteiger partial charge on any atom is 0.0101 e. The van der Waals surface area contributed by atoms with E-state index in [0.717, 1.165) is 0 Å². The summed E-state index contributed by atoms with van der Waals surface area (Å²) in [6.07, 6.45) is 2.14. The van der Waals surface area contributed by atoms with Crippen molar-refractivity contribution in [3.05, 3.63) is 28.8 Å². The molecule has 0 heterocycles. The lowest BCUT2D eigenvalue weighted by Gasteiger charge is -2.23. The zero-order chi connectivity index (χ0) is 10.9. The van der Waals surface area contributed by atoms with E-state index < -0.39 is 0 Å². The molecular weight excluding hydrogens is 188 g/mol. The minimum absolute atomic E-state index is 0.256. The van der Waals surface area contributed by atoms with Gasteiger partial charge in [-0.15, -0.1) is 11.8 Å². The van der Waals surface area contributed by atoms with Gasteiger partial charge in [-0.05, 0) is 48.3 Å². The molecule has 14 heavy (non-hydrogen) atoms. The number of benzene rings is 1. The summed E-state index contributed by atoms with van der Waals surface area (Å²) < 4.78 is 0. The van der Waals surface area contributed by atoms with E-state index in [-0.39, 0.29) is 5.41 Å². The van der Waals surface area contributed by atoms with E-state index in [0.29, 0.717) is 0 Å². The molecule has 0 aliphatic heterocycles. The Morgan fingerprint density at radius 3 is 2.00 bits per heavy atom. The predicted octanol–water partition coefficient (Wildman–Crippen LogP) is 4.32. The second-order valence-corrected chi connectivity index (χ2v) is 5.73. The molecule has 1 rings (SSSR count). The SMILES string of the molecule is CSc1cc(C)c(C(C)(C)C)cc1C. The quantitative estimate of drug-likeness (QED) is 0.619. The summed E-state index contributed by atoms with van der Waals surface area (Å²) in [6, 6.07) is 4.64. The van der Waals surface area contributed by atoms with Crippen molar-refractivity contribution in [2.45, 2.75) is 44.9 Å². The summed E-state index contributed by atoms with van der Waals surface area (Å²) in [5.41, 5.74) is 4.53. The van der Waals surface area contributed by atoms with Gasteiger partial charge < -0.3 is 0 Å². The molecule has 1 aromatic carbocycles. The van der Waals surface area contributed by atoms with Crippen molar-refractivity contribution in [3.8, 4) is 0 Å². The number of rotatable bonds is 1. The Bertz CT molecular complexity index is 332. The standard InChI is InChI=1S/C13H20S/c1-9-8-12(14-6)10(2)7-11(9)13(3,4)5/h7-8H,1-6H3. The molecule has 0 fully saturated rings. The van der Waals surface area contributed by atoms with Gasteiger partial charge in [0.25, 0.3) is 0 Å². The first-order valence-corrected chi connectivity index (χ1v) is 6.24. The first-order valence-electron chi connectivity index (χ1n) is 5.02. The maximum absolute atomic E-state index is 2.33. The molecule has 1 heteroatoms. The van der Waals surface area contributed by atoms with Crippen molar-refractivity contribution in [3.63, 3.8) is 0 Å². The second-order valence-electron chi connectivity index (χ2n) is 4.89. The van der Waals surface area contributed by atoms with Crippen molar-refractivity contribution < 1.29 is 0 Å². The third-order valence-corrected chi connectivity index (χ3v) is 3.43. The highest BCUT2D eigenvalue weighted by Gasteiger charge is 2.17. The van der Waals surface area contributed by atoms with E-state index in [1.54, 1.807) is 0 Å². The van der Waals surface area contributed by atoms with Crippen molar-refractivity contribution in [1.82, 2.24) is 0 Å². The van der Waals surface area contributed by atoms with Crippen LogP contribution in [0.2, 0.25) is 0 Å². The van der Waals surface area contributed by atoms with Crippen LogP contribution < -0.4 is 0 Å². The smallest absolute Gasteiger partial charge is 0.0101 e. The van der Waals surface area contributed by atoms with Crippen LogP contribution >= 0.6 is 11.8 Å². The lowest BCUT2D eigenvalue weighted by Crippen LogP contribution is -2.13. The van der Waals surface area contributed by atoms with Gasteiger partial charge >= 0.3 is 0 Å². The lowest BCUT2D eigenvalue weighted by molar-refractivity contribution is 0.585. The minimum Gasteiger partial charge on any atom is -0.129 e. The Morgan fingerprint density at radius 2 is 1.57 bits per heavy atom. The van der Waals surface area contributed by atoms with Crippen LogP contribution in [-0.2, 0) is 5.41 Å². The summed E-state index contributed by atoms with van der Waals surface area (Å²) in [4.78, 5) is 1.40. The predicted molar refractivity (Wildman–Crippen MR) is 66.4 cm³/mol. The van der Waals surface area contributed by atoms with Gasteiger partial charge in [0, 0.05) is 4.90 Å². The van der Waals surface area contributed by atoms with E-state index in [1.807, 2.05) is 11.8 Å². The fraction of sp³-hybridized carbons (Fsp3) is 0.538. The van der Waals surface area contributed by atoms with Crippen LogP contribution in [-0.4, -0.2) is 6.26 Å². The summed E-state index contributed by atoms with van der Waals surface area (Å²) in [6.45, 7) is 11.2. The highest BCUT2D eigenvalue weighted by molar-refractivity contribution is 7.98. The largest absolute Gasteiger partial charge is 0.129 e. The Kier molecular flexibility index (Phi) is 3.31. The molecule has 78 valence electrons. The van der Waals surface area contributed by atoms with Gasteiger partial charge in [-0.2, -0.15) is 0 Å². The molecular formula is C13H20S. The molecule has 0 saturated heterocycles. The Morgan fingerprint density at radius 1 is 1.00 bits per heavy atom. The van der Waals surface area contributed by atoms with Gasteiger partial charge in [0.1, 0.15) is 0 Å². The van der Waals surface area contributed by atoms with Crippen LogP contribution in [0.1, 0.15) is 37.5 Å². The molecule has 1 aromatic rings. The van der Waals surface area contributed by atoms with Crippen LogP contribution in [0.15, 0.2) is 17.0 Å². The molecule has 0 radical (unpaired) electrons. The zero-order valence-corrected chi connectivity index (χ0v) is 10.9. The zero-order valence-electron chi connectivity index (χ0n) is 10.1. The van der Waals surface area contributed by atoms with Gasteiger partial charge in [-0.1, -0.05) is 26.8 Å². The van der Waals surface area contributed by atoms with E-state index in [2.05, 4.69) is 53.0 Å². The molecule has 0 N–H and O–H groups in total. The first-order chi connectivity index (χ1) is 6.36. The summed E-state index contributed by atoms with van der Waals surface area (Å²) in [5.74, 6) is 0. The lowest BCUT2D eigenvalue weighted by atomic mass is 9.83. The van der Waals surface area contributed by atoms with E-state index in [4.69, 9.17) is 0 Å². The molecule has 0 aromatic heterocycles. The fourth-order valence-electron chi connectivity index (χ4n) is 1.82. The third kappa shape index (κ3) is 2.33. The van der Waals surface area contributed by atoms with Crippen LogP contribution in [0.3, 0.4) is 0 Å². The third-order valence-electron chi connectivity index (χ3n) is 2.55. The minimum atomic E-state index is 0.256. The second kappa shape index (κ2) is 3.98. The normalized spacial score (nSPS) is 11.9. The molecule has 0 amide bonds. The van der Waals surface area contributed by atoms with E-state index >= 15 is 0 Å². The topological polar surface area (TPSA) is 0 Å². The molecule has 0 aliphatic carbocycles. The molecule has 0 atom stereocenters. The summed E-state index contributed by atoms with van der Waals surface area (Å²) >= 11 is 1.83. The Balaban J connectivity index is 3.29. The first kappa shape index (κ1) is 11.6. The molecule has 0 bridgehead atoms. The van der Waals surface area contributed by atoms with Crippen molar-refractivity contribution in [2.75, 3.05) is 6.26 Å². The van der Waals surface area contributed by atoms with Crippen LogP contribution in [0.25, 0.3) is 0 Å². The van der Waals surface area contributed by atoms with Gasteiger partial charge in [0.15, 0.2) is 0 Å². The van der Waals surface area contributed by atoms with Crippen LogP contribution in [0.4, 0.5) is 0 Å². The average molecular weight is 208 g/mol. The Labute approximate surface area is 92.1 Å².